The first kappa shape index (κ1) is 95.5. The molecule has 3 N–H and O–H groups in total. The minimum atomic E-state index is 0.623. The molecular weight excluding hydrogens is 1300 g/mol. The van der Waals surface area contributed by atoms with Crippen LogP contribution < -0.4 is 0 Å². The van der Waals surface area contributed by atoms with E-state index in [0.717, 1.165) is 73.0 Å². The molecule has 0 aliphatic rings. The molecule has 0 bridgehead atoms. The van der Waals surface area contributed by atoms with Crippen molar-refractivity contribution in [1.82, 2.24) is 135 Å². The van der Waals surface area contributed by atoms with Gasteiger partial charge in [-0.25, -0.2) is 29.9 Å². The lowest BCUT2D eigenvalue weighted by Gasteiger charge is -1.77. The van der Waals surface area contributed by atoms with E-state index in [2.05, 4.69) is 149 Å². The highest BCUT2D eigenvalue weighted by molar-refractivity contribution is 7.10. The molecule has 0 saturated heterocycles. The smallest absolute Gasteiger partial charge is 0.223 e. The molecule has 13 rings (SSSR count). The Morgan fingerprint density at radius 2 is 0.750 bits per heavy atom. The van der Waals surface area contributed by atoms with Crippen LogP contribution >= 0.6 is 45.7 Å². The van der Waals surface area contributed by atoms with Gasteiger partial charge in [-0.05, 0) is 141 Å². The summed E-state index contributed by atoms with van der Waals surface area (Å²) in [6.45, 7) is 56.2. The number of nitrogens with zero attached hydrogens (tertiary/aromatic N) is 24. The Kier molecular flexibility index (Phi) is 64.1. The fraction of sp³-hybridized carbons (Fsp3) is 0.508. The standard InChI is InChI=1S/2C5H7NO.2C5H7NS.2C4H6N2O.2C4H6N2S.5C3H5N3.5C2H6/c4*1-4-5(2)7-3-6-4;4*1-3-5-4(2)7-6-3;1-6-3-2-4-5-6;1-6-4-2-3-5-6;3*1-3-2-4-6-5-3;5*1-2/h4*3H,1-2H3;4*1-2H3;2*2-3H,1H3;3*2H,1H3,(H,4,5,6);5*1-2H3. The van der Waals surface area contributed by atoms with Crippen LogP contribution in [0.5, 0.6) is 0 Å². The molecule has 0 fully saturated rings. The van der Waals surface area contributed by atoms with Crippen molar-refractivity contribution >= 4 is 45.7 Å². The summed E-state index contributed by atoms with van der Waals surface area (Å²) in [5.41, 5.74) is 10.8. The summed E-state index contributed by atoms with van der Waals surface area (Å²) in [6, 6.07) is 0. The highest BCUT2D eigenvalue weighted by atomic mass is 32.1. The Balaban J connectivity index is -0.000000308. The maximum Gasteiger partial charge on any atom is 0.223 e. The van der Waals surface area contributed by atoms with Gasteiger partial charge in [0, 0.05) is 43.9 Å². The summed E-state index contributed by atoms with van der Waals surface area (Å²) in [5.74, 6) is 6.19. The Morgan fingerprint density at radius 1 is 0.406 bits per heavy atom. The summed E-state index contributed by atoms with van der Waals surface area (Å²) < 4.78 is 28.4. The van der Waals surface area contributed by atoms with Gasteiger partial charge in [-0.2, -0.15) is 79.9 Å². The molecule has 31 nitrogen and oxygen atoms in total. The molecule has 0 aliphatic heterocycles. The van der Waals surface area contributed by atoms with Crippen LogP contribution in [0.3, 0.4) is 0 Å². The van der Waals surface area contributed by atoms with Crippen molar-refractivity contribution in [2.75, 3.05) is 0 Å². The van der Waals surface area contributed by atoms with Crippen molar-refractivity contribution in [3.63, 3.8) is 0 Å². The van der Waals surface area contributed by atoms with E-state index in [1.807, 2.05) is 177 Å². The van der Waals surface area contributed by atoms with Crippen LogP contribution in [0.25, 0.3) is 0 Å². The number of aryl methyl sites for hydroxylation is 21. The summed E-state index contributed by atoms with van der Waals surface area (Å²) in [4.78, 5) is 35.6. The van der Waals surface area contributed by atoms with E-state index in [1.54, 1.807) is 105 Å². The van der Waals surface area contributed by atoms with Crippen molar-refractivity contribution in [2.45, 2.75) is 201 Å². The maximum absolute atomic E-state index is 4.85. The minimum Gasteiger partial charge on any atom is -0.449 e. The van der Waals surface area contributed by atoms with Crippen molar-refractivity contribution in [3.05, 3.63) is 173 Å². The Labute approximate surface area is 583 Å². The zero-order chi connectivity index (χ0) is 74.2. The monoisotopic (exact) mass is 1410 g/mol. The summed E-state index contributed by atoms with van der Waals surface area (Å²) in [5, 5.41) is 52.8. The van der Waals surface area contributed by atoms with Crippen LogP contribution in [-0.4, -0.2) is 135 Å². The van der Waals surface area contributed by atoms with E-state index in [0.29, 0.717) is 23.4 Å². The predicted octanol–water partition coefficient (Wildman–Crippen LogP) is 14.9. The molecule has 13 aromatic heterocycles. The number of rotatable bonds is 0. The van der Waals surface area contributed by atoms with Crippen LogP contribution in [0.2, 0.25) is 0 Å². The molecule has 0 atom stereocenters. The van der Waals surface area contributed by atoms with Gasteiger partial charge in [0.1, 0.15) is 33.2 Å². The third kappa shape index (κ3) is 57.4. The third-order valence-corrected chi connectivity index (χ3v) is 12.3. The number of hydrogen-bond acceptors (Lipinski definition) is 30. The largest absolute Gasteiger partial charge is 0.449 e. The van der Waals surface area contributed by atoms with E-state index in [-0.39, 0.29) is 0 Å². The first-order valence-electron chi connectivity index (χ1n) is 30.5. The lowest BCUT2D eigenvalue weighted by Crippen LogP contribution is -1.89. The molecule has 0 saturated carbocycles. The third-order valence-electron chi connectivity index (χ3n) is 9.14. The van der Waals surface area contributed by atoms with Crippen molar-refractivity contribution in [2.24, 2.45) is 14.1 Å². The number of nitrogens with one attached hydrogen (secondary N) is 3. The summed E-state index contributed by atoms with van der Waals surface area (Å²) in [6.07, 6.45) is 14.6. The zero-order valence-corrected chi connectivity index (χ0v) is 65.6. The number of oxazole rings is 2. The molecule has 0 unspecified atom stereocenters. The van der Waals surface area contributed by atoms with E-state index in [1.165, 1.54) is 50.4 Å². The molecule has 13 heterocycles. The minimum absolute atomic E-state index is 0.623. The fourth-order valence-corrected chi connectivity index (χ4v) is 6.51. The predicted molar refractivity (Wildman–Crippen MR) is 384 cm³/mol. The van der Waals surface area contributed by atoms with Gasteiger partial charge in [0.05, 0.1) is 88.1 Å². The second kappa shape index (κ2) is 64.5. The molecule has 0 aliphatic carbocycles. The van der Waals surface area contributed by atoms with E-state index in [9.17, 15) is 0 Å². The van der Waals surface area contributed by atoms with Crippen LogP contribution in [0.4, 0.5) is 0 Å². The Bertz CT molecular complexity index is 2940. The van der Waals surface area contributed by atoms with Crippen LogP contribution in [0, 0.1) is 132 Å². The summed E-state index contributed by atoms with van der Waals surface area (Å²) in [7, 11) is 3.60. The normalized spacial score (nSPS) is 8.57. The van der Waals surface area contributed by atoms with Crippen LogP contribution in [0.15, 0.2) is 85.1 Å². The highest BCUT2D eigenvalue weighted by Crippen LogP contribution is 2.09. The number of aromatic amines is 3. The number of hydrogen-bond donors (Lipinski definition) is 3. The molecule has 0 spiro atoms. The van der Waals surface area contributed by atoms with E-state index in [4.69, 9.17) is 8.83 Å². The Morgan fingerprint density at radius 3 is 0.823 bits per heavy atom. The van der Waals surface area contributed by atoms with Gasteiger partial charge in [0.25, 0.3) is 0 Å². The molecular formula is C61H107N27O4S4. The van der Waals surface area contributed by atoms with Gasteiger partial charge < -0.3 is 17.9 Å². The van der Waals surface area contributed by atoms with Crippen molar-refractivity contribution in [3.8, 4) is 0 Å². The van der Waals surface area contributed by atoms with Crippen molar-refractivity contribution in [1.29, 1.82) is 0 Å². The zero-order valence-electron chi connectivity index (χ0n) is 62.3. The molecule has 0 radical (unpaired) electrons. The average molecular weight is 1410 g/mol. The molecule has 534 valence electrons. The first-order valence-corrected chi connectivity index (χ1v) is 33.8. The first-order chi connectivity index (χ1) is 45.8. The van der Waals surface area contributed by atoms with Gasteiger partial charge in [-0.15, -0.1) is 27.8 Å². The van der Waals surface area contributed by atoms with Crippen LogP contribution in [0.1, 0.15) is 175 Å². The topological polar surface area (TPSA) is 393 Å². The second-order valence-electron chi connectivity index (χ2n) is 16.8. The second-order valence-corrected chi connectivity index (χ2v) is 20.9. The molecule has 35 heteroatoms. The fourth-order valence-electron chi connectivity index (χ4n) is 4.37. The van der Waals surface area contributed by atoms with Gasteiger partial charge in [-0.3, -0.25) is 4.68 Å². The number of thiazole rings is 2. The number of H-pyrrole nitrogens is 3. The average Bonchev–Trinajstić information content (AvgIpc) is 4.11. The van der Waals surface area contributed by atoms with Crippen molar-refractivity contribution < 1.29 is 17.9 Å². The maximum atomic E-state index is 4.85. The van der Waals surface area contributed by atoms with Gasteiger partial charge >= 0.3 is 0 Å². The molecule has 13 aromatic rings. The lowest BCUT2D eigenvalue weighted by atomic mass is 10.4. The van der Waals surface area contributed by atoms with E-state index >= 15 is 0 Å². The molecule has 96 heavy (non-hydrogen) atoms. The van der Waals surface area contributed by atoms with Crippen LogP contribution in [-0.2, 0) is 14.1 Å². The van der Waals surface area contributed by atoms with Gasteiger partial charge in [0.15, 0.2) is 24.4 Å². The molecule has 0 amide bonds. The van der Waals surface area contributed by atoms with Gasteiger partial charge in [-0.1, -0.05) is 84.8 Å². The van der Waals surface area contributed by atoms with E-state index < -0.39 is 0 Å². The van der Waals surface area contributed by atoms with Gasteiger partial charge in [0.2, 0.25) is 11.8 Å². The lowest BCUT2D eigenvalue weighted by molar-refractivity contribution is 0.389. The number of aromatic nitrogens is 27. The summed E-state index contributed by atoms with van der Waals surface area (Å²) >= 11 is 6.27. The molecule has 0 aromatic carbocycles. The SMILES string of the molecule is CC.CC.CC.CC.CC.Cc1cn[nH]n1.Cc1cn[nH]n1.Cc1cn[nH]n1.Cc1ncoc1C.Cc1ncoc1C.Cc1ncsc1C.Cc1ncsc1C.Cc1noc(C)n1.Cc1noc(C)n1.Cc1nsc(C)n1.Cc1nsc(C)n1.Cn1ccnn1.Cn1nccn1. The quantitative estimate of drug-likeness (QED) is 0.127. The Hall–Kier alpha value is -9.22. The highest BCUT2D eigenvalue weighted by Gasteiger charge is 1.95.